The van der Waals surface area contributed by atoms with Crippen molar-refractivity contribution in [2.75, 3.05) is 0 Å². The molecule has 1 aliphatic rings. The number of benzene rings is 1. The zero-order valence-electron chi connectivity index (χ0n) is 12.7. The summed E-state index contributed by atoms with van der Waals surface area (Å²) in [6.45, 7) is 4.48. The zero-order chi connectivity index (χ0) is 15.9. The fraction of sp³-hybridized carbons (Fsp3) is 0.471. The maximum Gasteiger partial charge on any atom is 0.263 e. The SMILES string of the molecule is C[C@@H]1[C@@H](C)CCC[C@H]1NC(=O)c1sc2cc(Cl)ccc2c1Cl. The van der Waals surface area contributed by atoms with E-state index in [2.05, 4.69) is 19.2 Å². The lowest BCUT2D eigenvalue weighted by Gasteiger charge is -2.34. The topological polar surface area (TPSA) is 29.1 Å². The van der Waals surface area contributed by atoms with Gasteiger partial charge in [0, 0.05) is 21.2 Å². The quantitative estimate of drug-likeness (QED) is 0.728. The Labute approximate surface area is 144 Å². The van der Waals surface area contributed by atoms with Crippen LogP contribution in [0.2, 0.25) is 10.0 Å². The largest absolute Gasteiger partial charge is 0.348 e. The van der Waals surface area contributed by atoms with E-state index in [1.165, 1.54) is 24.2 Å². The van der Waals surface area contributed by atoms with Crippen molar-refractivity contribution < 1.29 is 4.79 Å². The molecule has 1 aliphatic carbocycles. The van der Waals surface area contributed by atoms with Gasteiger partial charge in [0.1, 0.15) is 4.88 Å². The van der Waals surface area contributed by atoms with Crippen molar-refractivity contribution in [3.8, 4) is 0 Å². The highest BCUT2D eigenvalue weighted by Crippen LogP contribution is 2.37. The van der Waals surface area contributed by atoms with Crippen LogP contribution in [0.5, 0.6) is 0 Å². The number of thiophene rings is 1. The van der Waals surface area contributed by atoms with Crippen molar-refractivity contribution in [2.24, 2.45) is 11.8 Å². The lowest BCUT2D eigenvalue weighted by Crippen LogP contribution is -2.43. The Morgan fingerprint density at radius 3 is 2.82 bits per heavy atom. The summed E-state index contributed by atoms with van der Waals surface area (Å²) in [4.78, 5) is 13.2. The number of halogens is 2. The highest BCUT2D eigenvalue weighted by molar-refractivity contribution is 7.21. The Balaban J connectivity index is 1.84. The first-order valence-electron chi connectivity index (χ1n) is 7.65. The minimum atomic E-state index is -0.0618. The molecule has 1 amide bonds. The molecule has 3 atom stereocenters. The molecule has 0 radical (unpaired) electrons. The molecule has 1 heterocycles. The molecular formula is C17H19Cl2NOS. The highest BCUT2D eigenvalue weighted by atomic mass is 35.5. The van der Waals surface area contributed by atoms with Crippen molar-refractivity contribution in [3.05, 3.63) is 33.1 Å². The molecule has 1 saturated carbocycles. The summed E-state index contributed by atoms with van der Waals surface area (Å²) in [5.41, 5.74) is 0. The van der Waals surface area contributed by atoms with Gasteiger partial charge in [0.2, 0.25) is 0 Å². The Morgan fingerprint density at radius 1 is 1.27 bits per heavy atom. The lowest BCUT2D eigenvalue weighted by atomic mass is 9.78. The Bertz CT molecular complexity index is 712. The maximum absolute atomic E-state index is 12.6. The summed E-state index contributed by atoms with van der Waals surface area (Å²) in [5, 5.41) is 5.27. The Hall–Kier alpha value is -0.770. The first-order chi connectivity index (χ1) is 10.5. The fourth-order valence-electron chi connectivity index (χ4n) is 3.20. The van der Waals surface area contributed by atoms with E-state index in [9.17, 15) is 4.79 Å². The maximum atomic E-state index is 12.6. The summed E-state index contributed by atoms with van der Waals surface area (Å²) in [7, 11) is 0. The van der Waals surface area contributed by atoms with Gasteiger partial charge in [0.25, 0.3) is 5.91 Å². The number of nitrogens with one attached hydrogen (secondary N) is 1. The van der Waals surface area contributed by atoms with E-state index < -0.39 is 0 Å². The number of fused-ring (bicyclic) bond motifs is 1. The van der Waals surface area contributed by atoms with Gasteiger partial charge in [-0.15, -0.1) is 11.3 Å². The van der Waals surface area contributed by atoms with E-state index in [0.717, 1.165) is 16.5 Å². The van der Waals surface area contributed by atoms with Gasteiger partial charge in [-0.1, -0.05) is 56.0 Å². The monoisotopic (exact) mass is 355 g/mol. The number of hydrogen-bond donors (Lipinski definition) is 1. The highest BCUT2D eigenvalue weighted by Gasteiger charge is 2.29. The van der Waals surface area contributed by atoms with Gasteiger partial charge in [-0.05, 0) is 30.4 Å². The molecule has 1 aromatic carbocycles. The molecule has 1 fully saturated rings. The van der Waals surface area contributed by atoms with Crippen molar-refractivity contribution >= 4 is 50.5 Å². The molecule has 0 unspecified atom stereocenters. The van der Waals surface area contributed by atoms with Crippen LogP contribution in [0.3, 0.4) is 0 Å². The van der Waals surface area contributed by atoms with Crippen LogP contribution >= 0.6 is 34.5 Å². The number of carbonyl (C=O) groups is 1. The second-order valence-corrected chi connectivity index (χ2v) is 8.10. The first-order valence-corrected chi connectivity index (χ1v) is 9.23. The lowest BCUT2D eigenvalue weighted by molar-refractivity contribution is 0.0895. The molecule has 3 rings (SSSR count). The third-order valence-electron chi connectivity index (χ3n) is 4.82. The summed E-state index contributed by atoms with van der Waals surface area (Å²) >= 11 is 13.8. The van der Waals surface area contributed by atoms with Crippen molar-refractivity contribution in [2.45, 2.75) is 39.2 Å². The molecule has 1 N–H and O–H groups in total. The van der Waals surface area contributed by atoms with Crippen LogP contribution in [0, 0.1) is 11.8 Å². The number of rotatable bonds is 2. The molecule has 0 spiro atoms. The number of amides is 1. The standard InChI is InChI=1S/C17H19Cl2NOS/c1-9-4-3-5-13(10(9)2)20-17(21)16-15(19)12-7-6-11(18)8-14(12)22-16/h6-10,13H,3-5H2,1-2H3,(H,20,21)/t9-,10+,13+/m0/s1. The van der Waals surface area contributed by atoms with Gasteiger partial charge in [-0.25, -0.2) is 0 Å². The smallest absolute Gasteiger partial charge is 0.263 e. The summed E-state index contributed by atoms with van der Waals surface area (Å²) < 4.78 is 0.952. The van der Waals surface area contributed by atoms with Crippen molar-refractivity contribution in [1.29, 1.82) is 0 Å². The van der Waals surface area contributed by atoms with E-state index in [1.54, 1.807) is 6.07 Å². The van der Waals surface area contributed by atoms with Crippen molar-refractivity contribution in [3.63, 3.8) is 0 Å². The predicted octanol–water partition coefficient (Wildman–Crippen LogP) is 5.76. The van der Waals surface area contributed by atoms with Gasteiger partial charge >= 0.3 is 0 Å². The van der Waals surface area contributed by atoms with E-state index in [-0.39, 0.29) is 11.9 Å². The molecule has 1 aromatic heterocycles. The second-order valence-electron chi connectivity index (χ2n) is 6.23. The Morgan fingerprint density at radius 2 is 2.05 bits per heavy atom. The molecule has 2 nitrogen and oxygen atoms in total. The Kier molecular flexibility index (Phi) is 4.67. The third-order valence-corrected chi connectivity index (χ3v) is 6.71. The number of hydrogen-bond acceptors (Lipinski definition) is 2. The molecule has 22 heavy (non-hydrogen) atoms. The number of carbonyl (C=O) groups excluding carboxylic acids is 1. The summed E-state index contributed by atoms with van der Waals surface area (Å²) in [5.74, 6) is 1.09. The third kappa shape index (κ3) is 2.99. The van der Waals surface area contributed by atoms with Crippen LogP contribution in [-0.2, 0) is 0 Å². The minimum Gasteiger partial charge on any atom is -0.348 e. The van der Waals surface area contributed by atoms with Crippen molar-refractivity contribution in [1.82, 2.24) is 5.32 Å². The summed E-state index contributed by atoms with van der Waals surface area (Å²) in [6, 6.07) is 5.77. The van der Waals surface area contributed by atoms with Gasteiger partial charge in [0.05, 0.1) is 5.02 Å². The van der Waals surface area contributed by atoms with E-state index >= 15 is 0 Å². The van der Waals surface area contributed by atoms with Crippen LogP contribution in [-0.4, -0.2) is 11.9 Å². The predicted molar refractivity (Wildman–Crippen MR) is 95.3 cm³/mol. The summed E-state index contributed by atoms with van der Waals surface area (Å²) in [6.07, 6.45) is 3.47. The van der Waals surface area contributed by atoms with Crippen LogP contribution in [0.4, 0.5) is 0 Å². The minimum absolute atomic E-state index is 0.0618. The van der Waals surface area contributed by atoms with Gasteiger partial charge in [0.15, 0.2) is 0 Å². The normalized spacial score (nSPS) is 25.4. The molecule has 0 aliphatic heterocycles. The van der Waals surface area contributed by atoms with Gasteiger partial charge < -0.3 is 5.32 Å². The van der Waals surface area contributed by atoms with Crippen LogP contribution in [0.25, 0.3) is 10.1 Å². The average molecular weight is 356 g/mol. The zero-order valence-corrected chi connectivity index (χ0v) is 15.0. The van der Waals surface area contributed by atoms with Gasteiger partial charge in [-0.2, -0.15) is 0 Å². The van der Waals surface area contributed by atoms with Crippen LogP contribution in [0.1, 0.15) is 42.8 Å². The average Bonchev–Trinajstić information content (AvgIpc) is 2.80. The van der Waals surface area contributed by atoms with Crippen LogP contribution in [0.15, 0.2) is 18.2 Å². The molecule has 5 heteroatoms. The molecule has 0 saturated heterocycles. The van der Waals surface area contributed by atoms with Gasteiger partial charge in [-0.3, -0.25) is 4.79 Å². The second kappa shape index (κ2) is 6.38. The molecule has 118 valence electrons. The van der Waals surface area contributed by atoms with E-state index in [1.807, 2.05) is 12.1 Å². The molecule has 0 bridgehead atoms. The van der Waals surface area contributed by atoms with E-state index in [4.69, 9.17) is 23.2 Å². The molecular weight excluding hydrogens is 337 g/mol. The first kappa shape index (κ1) is 16.1. The molecule has 2 aromatic rings. The van der Waals surface area contributed by atoms with Crippen LogP contribution < -0.4 is 5.32 Å². The van der Waals surface area contributed by atoms with E-state index in [0.29, 0.717) is 26.8 Å². The fourth-order valence-corrected chi connectivity index (χ4v) is 4.90.